The number of hydrogen-bond donors (Lipinski definition) is 2. The van der Waals surface area contributed by atoms with E-state index in [0.717, 1.165) is 44.1 Å². The number of nitrogens with one attached hydrogen (secondary N) is 1. The summed E-state index contributed by atoms with van der Waals surface area (Å²) in [6.07, 6.45) is 1.36. The van der Waals surface area contributed by atoms with Gasteiger partial charge in [-0.05, 0) is 24.6 Å². The van der Waals surface area contributed by atoms with E-state index in [9.17, 15) is 9.90 Å². The second-order valence-electron chi connectivity index (χ2n) is 5.92. The number of carbonyl (C=O) groups is 1. The number of carbonyl (C=O) groups excluding carboxylic acids is 1. The number of aromatic nitrogens is 1. The first kappa shape index (κ1) is 17.4. The van der Waals surface area contributed by atoms with Crippen LogP contribution in [0.5, 0.6) is 5.75 Å². The maximum Gasteiger partial charge on any atom is 0.343 e. The van der Waals surface area contributed by atoms with Crippen LogP contribution >= 0.6 is 0 Å². The summed E-state index contributed by atoms with van der Waals surface area (Å²) in [5.74, 6) is -0.664. The van der Waals surface area contributed by atoms with Gasteiger partial charge in [0.1, 0.15) is 11.3 Å². The third-order valence-corrected chi connectivity index (χ3v) is 4.28. The van der Waals surface area contributed by atoms with Gasteiger partial charge in [0.05, 0.1) is 31.0 Å². The normalized spacial score (nSPS) is 15.3. The molecule has 0 spiro atoms. The van der Waals surface area contributed by atoms with Crippen LogP contribution in [0.25, 0.3) is 10.9 Å². The minimum Gasteiger partial charge on any atom is -0.506 e. The Morgan fingerprint density at radius 3 is 2.84 bits per heavy atom. The Hall–Kier alpha value is -2.38. The largest absolute Gasteiger partial charge is 0.506 e. The van der Waals surface area contributed by atoms with Gasteiger partial charge < -0.3 is 19.9 Å². The zero-order chi connectivity index (χ0) is 17.8. The zero-order valence-corrected chi connectivity index (χ0v) is 14.5. The SMILES string of the molecule is CCOC(=O)c1cnc2c(NC)cc(CN3CCOCC3)cc2c1O. The number of nitrogens with zero attached hydrogens (tertiary/aromatic N) is 2. The van der Waals surface area contributed by atoms with Gasteiger partial charge in [0, 0.05) is 38.3 Å². The van der Waals surface area contributed by atoms with Crippen LogP contribution < -0.4 is 5.32 Å². The Balaban J connectivity index is 2.01. The number of fused-ring (bicyclic) bond motifs is 1. The van der Waals surface area contributed by atoms with Crippen molar-refractivity contribution in [3.8, 4) is 5.75 Å². The first-order valence-corrected chi connectivity index (χ1v) is 8.43. The van der Waals surface area contributed by atoms with E-state index in [1.54, 1.807) is 6.92 Å². The molecule has 0 atom stereocenters. The first-order valence-electron chi connectivity index (χ1n) is 8.43. The number of esters is 1. The van der Waals surface area contributed by atoms with Crippen molar-refractivity contribution in [2.75, 3.05) is 45.3 Å². The molecule has 0 amide bonds. The summed E-state index contributed by atoms with van der Waals surface area (Å²) >= 11 is 0. The fraction of sp³-hybridized carbons (Fsp3) is 0.444. The maximum atomic E-state index is 12.0. The Bertz CT molecular complexity index is 772. The van der Waals surface area contributed by atoms with Crippen LogP contribution in [0.15, 0.2) is 18.3 Å². The highest BCUT2D eigenvalue weighted by molar-refractivity contribution is 6.02. The predicted molar refractivity (Wildman–Crippen MR) is 95.0 cm³/mol. The van der Waals surface area contributed by atoms with Crippen molar-refractivity contribution in [3.05, 3.63) is 29.5 Å². The van der Waals surface area contributed by atoms with E-state index < -0.39 is 5.97 Å². The first-order chi connectivity index (χ1) is 12.1. The molecule has 0 aliphatic carbocycles. The third kappa shape index (κ3) is 3.67. The molecular weight excluding hydrogens is 322 g/mol. The fourth-order valence-electron chi connectivity index (χ4n) is 3.01. The Morgan fingerprint density at radius 1 is 1.40 bits per heavy atom. The highest BCUT2D eigenvalue weighted by atomic mass is 16.5. The van der Waals surface area contributed by atoms with Gasteiger partial charge in [0.2, 0.25) is 0 Å². The molecule has 1 aromatic heterocycles. The average Bonchev–Trinajstić information content (AvgIpc) is 2.63. The lowest BCUT2D eigenvalue weighted by Crippen LogP contribution is -2.35. The van der Waals surface area contributed by atoms with Crippen LogP contribution in [0.2, 0.25) is 0 Å². The Labute approximate surface area is 146 Å². The molecule has 3 rings (SSSR count). The van der Waals surface area contributed by atoms with Crippen LogP contribution in [-0.4, -0.2) is 60.9 Å². The standard InChI is InChI=1S/C18H23N3O4/c1-3-25-18(23)14-10-20-16-13(17(14)22)8-12(9-15(16)19-2)11-21-4-6-24-7-5-21/h8-10,19H,3-7,11H2,1-2H3,(H,20,22). The van der Waals surface area contributed by atoms with Crippen LogP contribution in [0.3, 0.4) is 0 Å². The van der Waals surface area contributed by atoms with E-state index in [2.05, 4.69) is 15.2 Å². The van der Waals surface area contributed by atoms with Gasteiger partial charge in [-0.2, -0.15) is 0 Å². The number of morpholine rings is 1. The lowest BCUT2D eigenvalue weighted by molar-refractivity contribution is 0.0342. The molecule has 2 aromatic rings. The van der Waals surface area contributed by atoms with Crippen LogP contribution in [0.1, 0.15) is 22.8 Å². The molecule has 0 bridgehead atoms. The van der Waals surface area contributed by atoms with Gasteiger partial charge in [-0.1, -0.05) is 0 Å². The van der Waals surface area contributed by atoms with Crippen molar-refractivity contribution < 1.29 is 19.4 Å². The van der Waals surface area contributed by atoms with Crippen LogP contribution in [0, 0.1) is 0 Å². The number of rotatable bonds is 5. The summed E-state index contributed by atoms with van der Waals surface area (Å²) in [6, 6.07) is 3.91. The molecular formula is C18H23N3O4. The van der Waals surface area contributed by atoms with Gasteiger partial charge in [0.25, 0.3) is 0 Å². The molecule has 134 valence electrons. The smallest absolute Gasteiger partial charge is 0.343 e. The minimum absolute atomic E-state index is 0.0833. The summed E-state index contributed by atoms with van der Waals surface area (Å²) < 4.78 is 10.4. The molecule has 1 fully saturated rings. The van der Waals surface area contributed by atoms with Crippen molar-refractivity contribution in [2.45, 2.75) is 13.5 Å². The number of aromatic hydroxyl groups is 1. The van der Waals surface area contributed by atoms with Gasteiger partial charge in [0.15, 0.2) is 0 Å². The molecule has 2 heterocycles. The van der Waals surface area contributed by atoms with E-state index in [4.69, 9.17) is 9.47 Å². The summed E-state index contributed by atoms with van der Waals surface area (Å²) in [5.41, 5.74) is 2.56. The van der Waals surface area contributed by atoms with Gasteiger partial charge in [-0.25, -0.2) is 4.79 Å². The van der Waals surface area contributed by atoms with Crippen LogP contribution in [0.4, 0.5) is 5.69 Å². The number of pyridine rings is 1. The molecule has 1 aromatic carbocycles. The summed E-state index contributed by atoms with van der Waals surface area (Å²) in [5, 5.41) is 14.3. The van der Waals surface area contributed by atoms with Gasteiger partial charge in [-0.3, -0.25) is 9.88 Å². The number of ether oxygens (including phenoxy) is 2. The topological polar surface area (TPSA) is 83.9 Å². The van der Waals surface area contributed by atoms with E-state index in [1.807, 2.05) is 19.2 Å². The lowest BCUT2D eigenvalue weighted by Gasteiger charge is -2.27. The monoisotopic (exact) mass is 345 g/mol. The lowest BCUT2D eigenvalue weighted by atomic mass is 10.1. The molecule has 7 heteroatoms. The molecule has 7 nitrogen and oxygen atoms in total. The summed E-state index contributed by atoms with van der Waals surface area (Å²) in [7, 11) is 1.81. The second-order valence-corrected chi connectivity index (χ2v) is 5.92. The molecule has 25 heavy (non-hydrogen) atoms. The van der Waals surface area contributed by atoms with E-state index in [0.29, 0.717) is 10.9 Å². The van der Waals surface area contributed by atoms with Crippen molar-refractivity contribution in [3.63, 3.8) is 0 Å². The summed E-state index contributed by atoms with van der Waals surface area (Å²) in [4.78, 5) is 18.6. The van der Waals surface area contributed by atoms with E-state index >= 15 is 0 Å². The van der Waals surface area contributed by atoms with Gasteiger partial charge >= 0.3 is 5.97 Å². The number of anilines is 1. The number of hydrogen-bond acceptors (Lipinski definition) is 7. The molecule has 1 aliphatic heterocycles. The Kier molecular flexibility index (Phi) is 5.35. The zero-order valence-electron chi connectivity index (χ0n) is 14.5. The third-order valence-electron chi connectivity index (χ3n) is 4.28. The highest BCUT2D eigenvalue weighted by Crippen LogP contribution is 2.33. The number of benzene rings is 1. The summed E-state index contributed by atoms with van der Waals surface area (Å²) in [6.45, 7) is 5.92. The molecule has 2 N–H and O–H groups in total. The van der Waals surface area contributed by atoms with E-state index in [1.165, 1.54) is 6.20 Å². The van der Waals surface area contributed by atoms with Gasteiger partial charge in [-0.15, -0.1) is 0 Å². The molecule has 0 unspecified atom stereocenters. The van der Waals surface area contributed by atoms with Crippen LogP contribution in [-0.2, 0) is 16.0 Å². The fourth-order valence-corrected chi connectivity index (χ4v) is 3.01. The molecule has 1 aliphatic rings. The Morgan fingerprint density at radius 2 is 2.16 bits per heavy atom. The van der Waals surface area contributed by atoms with Crippen molar-refractivity contribution in [1.82, 2.24) is 9.88 Å². The molecule has 0 radical (unpaired) electrons. The predicted octanol–water partition coefficient (Wildman–Crippen LogP) is 1.99. The van der Waals surface area contributed by atoms with Crippen molar-refractivity contribution >= 4 is 22.6 Å². The molecule has 0 saturated carbocycles. The second kappa shape index (κ2) is 7.67. The minimum atomic E-state index is -0.570. The average molecular weight is 345 g/mol. The maximum absolute atomic E-state index is 12.0. The molecule has 1 saturated heterocycles. The van der Waals surface area contributed by atoms with Crippen molar-refractivity contribution in [1.29, 1.82) is 0 Å². The highest BCUT2D eigenvalue weighted by Gasteiger charge is 2.19. The quantitative estimate of drug-likeness (QED) is 0.802. The van der Waals surface area contributed by atoms with E-state index in [-0.39, 0.29) is 17.9 Å². The van der Waals surface area contributed by atoms with Crippen molar-refractivity contribution in [2.24, 2.45) is 0 Å².